The molecule has 8 heteroatoms. The molecule has 5 nitrogen and oxygen atoms in total. The molecule has 110 valence electrons. The van der Waals surface area contributed by atoms with E-state index >= 15 is 0 Å². The summed E-state index contributed by atoms with van der Waals surface area (Å²) in [6.45, 7) is 2.10. The van der Waals surface area contributed by atoms with E-state index in [4.69, 9.17) is 5.73 Å². The minimum Gasteiger partial charge on any atom is -0.330 e. The van der Waals surface area contributed by atoms with Crippen LogP contribution in [-0.2, 0) is 4.79 Å². The molecule has 0 bridgehead atoms. The van der Waals surface area contributed by atoms with Gasteiger partial charge in [0.2, 0.25) is 5.91 Å². The van der Waals surface area contributed by atoms with Crippen LogP contribution in [0.25, 0.3) is 11.4 Å². The summed E-state index contributed by atoms with van der Waals surface area (Å²) in [6.07, 6.45) is 1.71. The van der Waals surface area contributed by atoms with Crippen LogP contribution in [-0.4, -0.2) is 22.4 Å². The standard InChI is InChI=1S/C12H14N4OS.2ClH/c1-8(6-13)11(17)16-12-15-10(7-18-12)9-4-2-3-5-14-9;;/h2-5,7-8H,6,13H2,1H3,(H,15,16,17);2*1H. The number of anilines is 1. The Labute approximate surface area is 133 Å². The molecule has 0 aliphatic rings. The van der Waals surface area contributed by atoms with Crippen LogP contribution in [0.4, 0.5) is 5.13 Å². The highest BCUT2D eigenvalue weighted by Crippen LogP contribution is 2.23. The molecule has 0 aliphatic heterocycles. The second-order valence-electron chi connectivity index (χ2n) is 3.88. The number of pyridine rings is 1. The fourth-order valence-electron chi connectivity index (χ4n) is 1.30. The molecule has 3 N–H and O–H groups in total. The van der Waals surface area contributed by atoms with Gasteiger partial charge in [0.1, 0.15) is 5.69 Å². The Bertz CT molecular complexity index is 535. The van der Waals surface area contributed by atoms with E-state index in [-0.39, 0.29) is 36.6 Å². The van der Waals surface area contributed by atoms with E-state index in [1.807, 2.05) is 23.6 Å². The maximum atomic E-state index is 11.6. The molecule has 0 radical (unpaired) electrons. The number of nitrogens with zero attached hydrogens (tertiary/aromatic N) is 2. The summed E-state index contributed by atoms with van der Waals surface area (Å²) in [5.41, 5.74) is 6.99. The third-order valence-electron chi connectivity index (χ3n) is 2.46. The number of nitrogens with two attached hydrogens (primary N) is 1. The predicted molar refractivity (Wildman–Crippen MR) is 86.7 cm³/mol. The Kier molecular flexibility index (Phi) is 8.33. The number of hydrogen-bond acceptors (Lipinski definition) is 5. The fourth-order valence-corrected chi connectivity index (χ4v) is 2.01. The first kappa shape index (κ1) is 18.8. The molecule has 1 unspecified atom stereocenters. The zero-order valence-corrected chi connectivity index (χ0v) is 13.2. The first-order valence-electron chi connectivity index (χ1n) is 5.58. The summed E-state index contributed by atoms with van der Waals surface area (Å²) in [6, 6.07) is 5.63. The number of thiazole rings is 1. The van der Waals surface area contributed by atoms with E-state index in [1.165, 1.54) is 11.3 Å². The van der Waals surface area contributed by atoms with Gasteiger partial charge in [0, 0.05) is 24.0 Å². The van der Waals surface area contributed by atoms with Gasteiger partial charge in [-0.05, 0) is 12.1 Å². The van der Waals surface area contributed by atoms with E-state index in [2.05, 4.69) is 15.3 Å². The van der Waals surface area contributed by atoms with Crippen molar-refractivity contribution in [1.29, 1.82) is 0 Å². The number of nitrogens with one attached hydrogen (secondary N) is 1. The summed E-state index contributed by atoms with van der Waals surface area (Å²) in [5.74, 6) is -0.327. The van der Waals surface area contributed by atoms with Crippen molar-refractivity contribution in [3.05, 3.63) is 29.8 Å². The van der Waals surface area contributed by atoms with E-state index < -0.39 is 0 Å². The van der Waals surface area contributed by atoms with E-state index in [0.29, 0.717) is 11.7 Å². The monoisotopic (exact) mass is 334 g/mol. The number of rotatable bonds is 4. The molecule has 1 atom stereocenters. The third-order valence-corrected chi connectivity index (χ3v) is 3.22. The maximum absolute atomic E-state index is 11.6. The lowest BCUT2D eigenvalue weighted by atomic mass is 10.2. The van der Waals surface area contributed by atoms with Crippen LogP contribution in [0.1, 0.15) is 6.92 Å². The lowest BCUT2D eigenvalue weighted by Gasteiger charge is -2.06. The Balaban J connectivity index is 0.00000180. The molecule has 0 aliphatic carbocycles. The largest absolute Gasteiger partial charge is 0.330 e. The second-order valence-corrected chi connectivity index (χ2v) is 4.74. The molecule has 2 aromatic rings. The van der Waals surface area contributed by atoms with Crippen molar-refractivity contribution in [3.63, 3.8) is 0 Å². The molecule has 0 fully saturated rings. The zero-order chi connectivity index (χ0) is 13.0. The van der Waals surface area contributed by atoms with E-state index in [0.717, 1.165) is 11.4 Å². The molecule has 2 heterocycles. The van der Waals surface area contributed by atoms with Crippen molar-refractivity contribution in [2.45, 2.75) is 6.92 Å². The molecule has 0 saturated carbocycles. The average molecular weight is 335 g/mol. The maximum Gasteiger partial charge on any atom is 0.230 e. The molecular formula is C12H16Cl2N4OS. The molecule has 2 rings (SSSR count). The molecule has 1 amide bonds. The van der Waals surface area contributed by atoms with Gasteiger partial charge in [0.25, 0.3) is 0 Å². The van der Waals surface area contributed by atoms with Gasteiger partial charge in [0.05, 0.1) is 5.69 Å². The van der Waals surface area contributed by atoms with Crippen LogP contribution in [0.2, 0.25) is 0 Å². The highest BCUT2D eigenvalue weighted by Gasteiger charge is 2.13. The number of hydrogen-bond donors (Lipinski definition) is 2. The van der Waals surface area contributed by atoms with Crippen LogP contribution in [0.3, 0.4) is 0 Å². The number of carbonyl (C=O) groups excluding carboxylic acids is 1. The Morgan fingerprint density at radius 2 is 2.15 bits per heavy atom. The molecule has 0 saturated heterocycles. The minimum absolute atomic E-state index is 0. The number of halogens is 2. The number of aromatic nitrogens is 2. The molecule has 0 aromatic carbocycles. The van der Waals surface area contributed by atoms with Crippen LogP contribution in [0.5, 0.6) is 0 Å². The number of amides is 1. The van der Waals surface area contributed by atoms with Gasteiger partial charge >= 0.3 is 0 Å². The fraction of sp³-hybridized carbons (Fsp3) is 0.250. The van der Waals surface area contributed by atoms with Crippen molar-refractivity contribution in [2.75, 3.05) is 11.9 Å². The van der Waals surface area contributed by atoms with Crippen molar-refractivity contribution >= 4 is 47.2 Å². The van der Waals surface area contributed by atoms with Crippen molar-refractivity contribution < 1.29 is 4.79 Å². The summed E-state index contributed by atoms with van der Waals surface area (Å²) in [5, 5.41) is 5.18. The van der Waals surface area contributed by atoms with Crippen molar-refractivity contribution in [1.82, 2.24) is 9.97 Å². The molecule has 20 heavy (non-hydrogen) atoms. The molecule has 2 aromatic heterocycles. The molecular weight excluding hydrogens is 319 g/mol. The first-order valence-corrected chi connectivity index (χ1v) is 6.46. The second kappa shape index (κ2) is 8.86. The van der Waals surface area contributed by atoms with Crippen LogP contribution < -0.4 is 11.1 Å². The summed E-state index contributed by atoms with van der Waals surface area (Å²) >= 11 is 1.38. The Morgan fingerprint density at radius 3 is 2.75 bits per heavy atom. The normalized spacial score (nSPS) is 10.9. The highest BCUT2D eigenvalue weighted by atomic mass is 35.5. The summed E-state index contributed by atoms with van der Waals surface area (Å²) in [4.78, 5) is 20.2. The smallest absolute Gasteiger partial charge is 0.230 e. The van der Waals surface area contributed by atoms with E-state index in [9.17, 15) is 4.79 Å². The third kappa shape index (κ3) is 4.72. The van der Waals surface area contributed by atoms with Gasteiger partial charge < -0.3 is 11.1 Å². The van der Waals surface area contributed by atoms with Gasteiger partial charge in [0.15, 0.2) is 5.13 Å². The van der Waals surface area contributed by atoms with Crippen molar-refractivity contribution in [2.24, 2.45) is 11.7 Å². The van der Waals surface area contributed by atoms with Crippen LogP contribution >= 0.6 is 36.2 Å². The van der Waals surface area contributed by atoms with Crippen LogP contribution in [0, 0.1) is 5.92 Å². The summed E-state index contributed by atoms with van der Waals surface area (Å²) < 4.78 is 0. The Hall–Kier alpha value is -1.21. The van der Waals surface area contributed by atoms with Crippen LogP contribution in [0.15, 0.2) is 29.8 Å². The lowest BCUT2D eigenvalue weighted by Crippen LogP contribution is -2.26. The first-order chi connectivity index (χ1) is 8.70. The Morgan fingerprint density at radius 1 is 1.40 bits per heavy atom. The van der Waals surface area contributed by atoms with Crippen molar-refractivity contribution in [3.8, 4) is 11.4 Å². The summed E-state index contributed by atoms with van der Waals surface area (Å²) in [7, 11) is 0. The predicted octanol–water partition coefficient (Wildman–Crippen LogP) is 2.58. The van der Waals surface area contributed by atoms with Gasteiger partial charge in [-0.2, -0.15) is 0 Å². The average Bonchev–Trinajstić information content (AvgIpc) is 2.87. The zero-order valence-electron chi connectivity index (χ0n) is 10.8. The SMILES string of the molecule is CC(CN)C(=O)Nc1nc(-c2ccccn2)cs1.Cl.Cl. The number of carbonyl (C=O) groups is 1. The topological polar surface area (TPSA) is 80.9 Å². The quantitative estimate of drug-likeness (QED) is 0.900. The van der Waals surface area contributed by atoms with Gasteiger partial charge in [-0.3, -0.25) is 9.78 Å². The van der Waals surface area contributed by atoms with Gasteiger partial charge in [-0.25, -0.2) is 4.98 Å². The van der Waals surface area contributed by atoms with Gasteiger partial charge in [-0.1, -0.05) is 13.0 Å². The minimum atomic E-state index is -0.216. The molecule has 0 spiro atoms. The lowest BCUT2D eigenvalue weighted by molar-refractivity contribution is -0.119. The van der Waals surface area contributed by atoms with Gasteiger partial charge in [-0.15, -0.1) is 36.2 Å². The van der Waals surface area contributed by atoms with E-state index in [1.54, 1.807) is 13.1 Å². The highest BCUT2D eigenvalue weighted by molar-refractivity contribution is 7.14.